The largest absolute Gasteiger partial charge is 0.436 e. The smallest absolute Gasteiger partial charge is 0.229 e. The van der Waals surface area contributed by atoms with Crippen molar-refractivity contribution in [3.8, 4) is 11.5 Å². The van der Waals surface area contributed by atoms with Gasteiger partial charge in [-0.25, -0.2) is 4.98 Å². The number of fused-ring (bicyclic) bond motifs is 1. The number of aryl methyl sites for hydroxylation is 1. The van der Waals surface area contributed by atoms with Crippen molar-refractivity contribution in [1.82, 2.24) is 4.98 Å². The summed E-state index contributed by atoms with van der Waals surface area (Å²) in [6, 6.07) is 12.1. The average molecular weight is 330 g/mol. The van der Waals surface area contributed by atoms with E-state index >= 15 is 0 Å². The van der Waals surface area contributed by atoms with Crippen molar-refractivity contribution in [3.63, 3.8) is 0 Å². The van der Waals surface area contributed by atoms with E-state index in [4.69, 9.17) is 10.2 Å². The summed E-state index contributed by atoms with van der Waals surface area (Å²) < 4.78 is 5.97. The molecule has 1 aliphatic heterocycles. The maximum atomic E-state index is 5.99. The summed E-state index contributed by atoms with van der Waals surface area (Å²) in [7, 11) is 0. The summed E-state index contributed by atoms with van der Waals surface area (Å²) in [5, 5.41) is 0. The number of anilines is 2. The van der Waals surface area contributed by atoms with Gasteiger partial charge in [0.1, 0.15) is 5.52 Å². The normalized spacial score (nSPS) is 14.2. The van der Waals surface area contributed by atoms with Gasteiger partial charge in [0.2, 0.25) is 5.89 Å². The predicted molar refractivity (Wildman–Crippen MR) is 97.3 cm³/mol. The summed E-state index contributed by atoms with van der Waals surface area (Å²) in [5.74, 6) is 0.648. The first kappa shape index (κ1) is 15.7. The third kappa shape index (κ3) is 2.86. The molecule has 0 saturated carbocycles. The minimum absolute atomic E-state index is 0. The van der Waals surface area contributed by atoms with Crippen LogP contribution in [0.4, 0.5) is 11.4 Å². The predicted octanol–water partition coefficient (Wildman–Crippen LogP) is 4.41. The summed E-state index contributed by atoms with van der Waals surface area (Å²) in [4.78, 5) is 7.05. The number of oxazole rings is 1. The van der Waals surface area contributed by atoms with Gasteiger partial charge >= 0.3 is 0 Å². The zero-order valence-corrected chi connectivity index (χ0v) is 13.9. The average Bonchev–Trinajstić information content (AvgIpc) is 3.15. The molecule has 0 spiro atoms. The molecule has 3 aromatic rings. The molecule has 120 valence electrons. The Morgan fingerprint density at radius 2 is 1.87 bits per heavy atom. The highest BCUT2D eigenvalue weighted by Crippen LogP contribution is 2.35. The molecule has 2 aromatic carbocycles. The van der Waals surface area contributed by atoms with Crippen LogP contribution in [0.3, 0.4) is 0 Å². The number of nitrogens with two attached hydrogens (primary N) is 1. The molecule has 23 heavy (non-hydrogen) atoms. The molecule has 1 aromatic heterocycles. The first-order valence-corrected chi connectivity index (χ1v) is 7.73. The zero-order valence-electron chi connectivity index (χ0n) is 13.1. The van der Waals surface area contributed by atoms with Crippen LogP contribution in [-0.2, 0) is 0 Å². The highest BCUT2D eigenvalue weighted by molar-refractivity contribution is 5.85. The Kier molecular flexibility index (Phi) is 4.18. The van der Waals surface area contributed by atoms with Gasteiger partial charge in [-0.05, 0) is 55.7 Å². The lowest BCUT2D eigenvalue weighted by Crippen LogP contribution is -2.18. The fraction of sp³-hybridized carbons (Fsp3) is 0.278. The second-order valence-corrected chi connectivity index (χ2v) is 5.96. The van der Waals surface area contributed by atoms with Crippen molar-refractivity contribution < 1.29 is 4.42 Å². The molecule has 2 heterocycles. The molecule has 0 amide bonds. The molecule has 0 aliphatic carbocycles. The van der Waals surface area contributed by atoms with Crippen LogP contribution in [0.25, 0.3) is 22.6 Å². The maximum absolute atomic E-state index is 5.99. The van der Waals surface area contributed by atoms with E-state index in [1.54, 1.807) is 0 Å². The topological polar surface area (TPSA) is 55.3 Å². The molecule has 4 nitrogen and oxygen atoms in total. The first-order valence-electron chi connectivity index (χ1n) is 7.73. The van der Waals surface area contributed by atoms with Crippen LogP contribution in [0.5, 0.6) is 0 Å². The number of hydrogen-bond acceptors (Lipinski definition) is 4. The molecule has 5 heteroatoms. The fourth-order valence-electron chi connectivity index (χ4n) is 3.11. The van der Waals surface area contributed by atoms with Crippen molar-refractivity contribution >= 4 is 34.9 Å². The van der Waals surface area contributed by atoms with Gasteiger partial charge in [-0.15, -0.1) is 12.4 Å². The molecule has 0 unspecified atom stereocenters. The lowest BCUT2D eigenvalue weighted by molar-refractivity contribution is 0.619. The SMILES string of the molecule is Cc1ccc2oc(-c3cc(N)ccc3N3CCCC3)nc2c1.Cl. The van der Waals surface area contributed by atoms with Crippen molar-refractivity contribution in [2.75, 3.05) is 23.7 Å². The highest BCUT2D eigenvalue weighted by Gasteiger charge is 2.19. The van der Waals surface area contributed by atoms with Gasteiger partial charge in [0, 0.05) is 24.5 Å². The lowest BCUT2D eigenvalue weighted by atomic mass is 10.1. The van der Waals surface area contributed by atoms with Gasteiger partial charge in [0.15, 0.2) is 5.58 Å². The van der Waals surface area contributed by atoms with Crippen LogP contribution in [-0.4, -0.2) is 18.1 Å². The molecule has 2 N–H and O–H groups in total. The second kappa shape index (κ2) is 6.13. The van der Waals surface area contributed by atoms with E-state index in [1.807, 2.05) is 30.3 Å². The summed E-state index contributed by atoms with van der Waals surface area (Å²) in [6.07, 6.45) is 2.47. The monoisotopic (exact) mass is 329 g/mol. The molecule has 0 atom stereocenters. The van der Waals surface area contributed by atoms with E-state index in [-0.39, 0.29) is 12.4 Å². The van der Waals surface area contributed by atoms with Gasteiger partial charge < -0.3 is 15.1 Å². The zero-order chi connectivity index (χ0) is 15.1. The molecule has 1 fully saturated rings. The van der Waals surface area contributed by atoms with E-state index < -0.39 is 0 Å². The van der Waals surface area contributed by atoms with E-state index in [0.29, 0.717) is 5.89 Å². The molecule has 1 aliphatic rings. The number of halogens is 1. The van der Waals surface area contributed by atoms with Crippen molar-refractivity contribution in [2.24, 2.45) is 0 Å². The summed E-state index contributed by atoms with van der Waals surface area (Å²) in [6.45, 7) is 4.22. The third-order valence-electron chi connectivity index (χ3n) is 4.24. The van der Waals surface area contributed by atoms with Crippen LogP contribution < -0.4 is 10.6 Å². The fourth-order valence-corrected chi connectivity index (χ4v) is 3.11. The van der Waals surface area contributed by atoms with Gasteiger partial charge in [-0.3, -0.25) is 0 Å². The number of nitrogen functional groups attached to an aromatic ring is 1. The van der Waals surface area contributed by atoms with Crippen LogP contribution in [0.1, 0.15) is 18.4 Å². The first-order chi connectivity index (χ1) is 10.7. The molecule has 0 radical (unpaired) electrons. The Hall–Kier alpha value is -2.20. The summed E-state index contributed by atoms with van der Waals surface area (Å²) >= 11 is 0. The Labute approximate surface area is 141 Å². The Morgan fingerprint density at radius 1 is 1.09 bits per heavy atom. The Balaban J connectivity index is 0.00000156. The van der Waals surface area contributed by atoms with Gasteiger partial charge in [0.05, 0.1) is 5.56 Å². The number of rotatable bonds is 2. The number of hydrogen-bond donors (Lipinski definition) is 1. The number of aromatic nitrogens is 1. The van der Waals surface area contributed by atoms with E-state index in [1.165, 1.54) is 18.4 Å². The van der Waals surface area contributed by atoms with Gasteiger partial charge in [-0.1, -0.05) is 6.07 Å². The lowest BCUT2D eigenvalue weighted by Gasteiger charge is -2.20. The standard InChI is InChI=1S/C18H19N3O.ClH/c1-12-4-7-17-15(10-12)20-18(22-17)14-11-13(19)5-6-16(14)21-8-2-3-9-21;/h4-7,10-11H,2-3,8-9,19H2,1H3;1H. The van der Waals surface area contributed by atoms with Gasteiger partial charge in [0.25, 0.3) is 0 Å². The minimum atomic E-state index is 0. The third-order valence-corrected chi connectivity index (χ3v) is 4.24. The molecule has 4 rings (SSSR count). The van der Waals surface area contributed by atoms with Crippen molar-refractivity contribution in [3.05, 3.63) is 42.0 Å². The highest BCUT2D eigenvalue weighted by atomic mass is 35.5. The van der Waals surface area contributed by atoms with Crippen LogP contribution >= 0.6 is 12.4 Å². The van der Waals surface area contributed by atoms with E-state index in [9.17, 15) is 0 Å². The van der Waals surface area contributed by atoms with Crippen LogP contribution in [0.15, 0.2) is 40.8 Å². The van der Waals surface area contributed by atoms with Gasteiger partial charge in [-0.2, -0.15) is 0 Å². The van der Waals surface area contributed by atoms with E-state index in [2.05, 4.69) is 22.9 Å². The Bertz CT molecular complexity index is 837. The van der Waals surface area contributed by atoms with Crippen molar-refractivity contribution in [2.45, 2.75) is 19.8 Å². The molecule has 0 bridgehead atoms. The molecular formula is C18H20ClN3O. The summed E-state index contributed by atoms with van der Waals surface area (Å²) in [5.41, 5.74) is 11.8. The van der Waals surface area contributed by atoms with Crippen molar-refractivity contribution in [1.29, 1.82) is 0 Å². The quantitative estimate of drug-likeness (QED) is 0.708. The van der Waals surface area contributed by atoms with Crippen LogP contribution in [0.2, 0.25) is 0 Å². The minimum Gasteiger partial charge on any atom is -0.436 e. The molecule has 1 saturated heterocycles. The molecular weight excluding hydrogens is 310 g/mol. The number of nitrogens with zero attached hydrogens (tertiary/aromatic N) is 2. The number of benzene rings is 2. The van der Waals surface area contributed by atoms with Crippen LogP contribution in [0, 0.1) is 6.92 Å². The Morgan fingerprint density at radius 3 is 2.65 bits per heavy atom. The second-order valence-electron chi connectivity index (χ2n) is 5.96. The maximum Gasteiger partial charge on any atom is 0.229 e. The van der Waals surface area contributed by atoms with E-state index in [0.717, 1.165) is 41.1 Å².